The van der Waals surface area contributed by atoms with E-state index in [0.717, 1.165) is 12.8 Å². The first-order valence-electron chi connectivity index (χ1n) is 6.58. The number of isocyanates is 1. The van der Waals surface area contributed by atoms with Gasteiger partial charge in [-0.15, -0.1) is 0 Å². The van der Waals surface area contributed by atoms with Crippen LogP contribution in [0.15, 0.2) is 11.1 Å². The third kappa shape index (κ3) is 1.84. The molecule has 1 aliphatic heterocycles. The number of ether oxygens (including phenoxy) is 2. The Morgan fingerprint density at radius 2 is 2.00 bits per heavy atom. The summed E-state index contributed by atoms with van der Waals surface area (Å²) in [6, 6.07) is 1.20. The quantitative estimate of drug-likeness (QED) is 0.666. The number of nitrogens with zero attached hydrogens (tertiary/aromatic N) is 1. The number of aromatic hydroxyl groups is 1. The molecule has 1 aromatic rings. The molecule has 0 atom stereocenters. The Labute approximate surface area is 115 Å². The molecule has 0 amide bonds. The normalized spacial score (nSPS) is 19.4. The van der Waals surface area contributed by atoms with Crippen molar-refractivity contribution in [3.05, 3.63) is 17.4 Å². The third-order valence-corrected chi connectivity index (χ3v) is 3.91. The maximum Gasteiger partial charge on any atom is 0.235 e. The molecule has 0 saturated heterocycles. The van der Waals surface area contributed by atoms with Crippen LogP contribution in [0.5, 0.6) is 17.2 Å². The molecule has 0 unspecified atom stereocenters. The second kappa shape index (κ2) is 4.80. The number of rotatable bonds is 2. The van der Waals surface area contributed by atoms with Crippen LogP contribution >= 0.6 is 0 Å². The van der Waals surface area contributed by atoms with E-state index >= 15 is 0 Å². The van der Waals surface area contributed by atoms with Gasteiger partial charge < -0.3 is 14.6 Å². The van der Waals surface area contributed by atoms with E-state index in [0.29, 0.717) is 26.1 Å². The predicted molar refractivity (Wildman–Crippen MR) is 67.3 cm³/mol. The topological polar surface area (TPSA) is 68.1 Å². The second-order valence-corrected chi connectivity index (χ2v) is 5.05. The van der Waals surface area contributed by atoms with Crippen molar-refractivity contribution in [3.8, 4) is 17.2 Å². The SMILES string of the molecule is O=C=NC1(c2c(F)c(O)cc3c2OCCO3)CCCC1. The van der Waals surface area contributed by atoms with Crippen molar-refractivity contribution in [2.75, 3.05) is 13.2 Å². The van der Waals surface area contributed by atoms with Crippen molar-refractivity contribution in [2.45, 2.75) is 31.2 Å². The highest BCUT2D eigenvalue weighted by molar-refractivity contribution is 5.57. The van der Waals surface area contributed by atoms with Crippen LogP contribution in [0.1, 0.15) is 31.2 Å². The average molecular weight is 279 g/mol. The molecule has 1 aromatic carbocycles. The van der Waals surface area contributed by atoms with E-state index in [9.17, 15) is 14.3 Å². The van der Waals surface area contributed by atoms with Crippen LogP contribution in [0.25, 0.3) is 0 Å². The predicted octanol–water partition coefficient (Wildman–Crippen LogP) is 2.41. The highest BCUT2D eigenvalue weighted by Crippen LogP contribution is 2.52. The van der Waals surface area contributed by atoms with Gasteiger partial charge in [0.25, 0.3) is 0 Å². The molecule has 1 saturated carbocycles. The standard InChI is InChI=1S/C14H14FNO4/c15-12-9(18)7-10-13(20-6-5-19-10)11(12)14(16-8-17)3-1-2-4-14/h7,18H,1-6H2. The van der Waals surface area contributed by atoms with Crippen LogP contribution in [-0.2, 0) is 10.3 Å². The number of phenolic OH excluding ortho intramolecular Hbond substituents is 1. The molecule has 3 rings (SSSR count). The van der Waals surface area contributed by atoms with Crippen molar-refractivity contribution >= 4 is 6.08 Å². The molecule has 0 aromatic heterocycles. The summed E-state index contributed by atoms with van der Waals surface area (Å²) >= 11 is 0. The largest absolute Gasteiger partial charge is 0.505 e. The van der Waals surface area contributed by atoms with Crippen LogP contribution in [-0.4, -0.2) is 24.4 Å². The number of phenols is 1. The lowest BCUT2D eigenvalue weighted by Crippen LogP contribution is -2.25. The molecule has 0 spiro atoms. The number of aliphatic imine (C=N–C) groups is 1. The lowest BCUT2D eigenvalue weighted by atomic mass is 9.87. The van der Waals surface area contributed by atoms with Crippen LogP contribution < -0.4 is 9.47 Å². The van der Waals surface area contributed by atoms with Crippen LogP contribution in [0.2, 0.25) is 0 Å². The Bertz CT molecular complexity index is 589. The van der Waals surface area contributed by atoms with Crippen LogP contribution in [0, 0.1) is 5.82 Å². The fourth-order valence-corrected chi connectivity index (χ4v) is 3.03. The van der Waals surface area contributed by atoms with Gasteiger partial charge in [-0.2, -0.15) is 4.99 Å². The van der Waals surface area contributed by atoms with Gasteiger partial charge in [-0.1, -0.05) is 12.8 Å². The summed E-state index contributed by atoms with van der Waals surface area (Å²) < 4.78 is 25.3. The fraction of sp³-hybridized carbons (Fsp3) is 0.500. The summed E-state index contributed by atoms with van der Waals surface area (Å²) in [5.74, 6) is -0.781. The lowest BCUT2D eigenvalue weighted by molar-refractivity contribution is 0.164. The number of halogens is 1. The minimum absolute atomic E-state index is 0.119. The van der Waals surface area contributed by atoms with Crippen molar-refractivity contribution in [1.82, 2.24) is 0 Å². The average Bonchev–Trinajstić information content (AvgIpc) is 2.90. The van der Waals surface area contributed by atoms with E-state index in [1.54, 1.807) is 0 Å². The molecule has 6 heteroatoms. The highest BCUT2D eigenvalue weighted by atomic mass is 19.1. The van der Waals surface area contributed by atoms with Crippen molar-refractivity contribution in [3.63, 3.8) is 0 Å². The Hall–Kier alpha value is -2.07. The van der Waals surface area contributed by atoms with Crippen molar-refractivity contribution in [1.29, 1.82) is 0 Å². The minimum Gasteiger partial charge on any atom is -0.505 e. The van der Waals surface area contributed by atoms with Gasteiger partial charge in [-0.05, 0) is 12.8 Å². The maximum atomic E-state index is 14.4. The van der Waals surface area contributed by atoms with Gasteiger partial charge in [0.2, 0.25) is 6.08 Å². The first-order valence-corrected chi connectivity index (χ1v) is 6.58. The zero-order chi connectivity index (χ0) is 14.2. The molecule has 1 N–H and O–H groups in total. The number of hydrogen-bond acceptors (Lipinski definition) is 5. The van der Waals surface area contributed by atoms with Crippen molar-refractivity contribution < 1.29 is 23.8 Å². The first-order chi connectivity index (χ1) is 9.68. The molecule has 20 heavy (non-hydrogen) atoms. The molecular formula is C14H14FNO4. The molecule has 106 valence electrons. The first kappa shape index (κ1) is 12.9. The van der Waals surface area contributed by atoms with E-state index in [1.807, 2.05) is 0 Å². The van der Waals surface area contributed by atoms with Gasteiger partial charge in [0, 0.05) is 6.07 Å². The summed E-state index contributed by atoms with van der Waals surface area (Å²) in [7, 11) is 0. The summed E-state index contributed by atoms with van der Waals surface area (Å²) in [5.41, 5.74) is -0.886. The molecule has 1 heterocycles. The number of hydrogen-bond donors (Lipinski definition) is 1. The summed E-state index contributed by atoms with van der Waals surface area (Å²) in [6.45, 7) is 0.632. The lowest BCUT2D eigenvalue weighted by Gasteiger charge is -2.29. The van der Waals surface area contributed by atoms with E-state index in [-0.39, 0.29) is 17.1 Å². The van der Waals surface area contributed by atoms with Crippen LogP contribution in [0.3, 0.4) is 0 Å². The van der Waals surface area contributed by atoms with E-state index < -0.39 is 17.1 Å². The van der Waals surface area contributed by atoms with Gasteiger partial charge in [-0.3, -0.25) is 0 Å². The van der Waals surface area contributed by atoms with Gasteiger partial charge in [0.15, 0.2) is 23.1 Å². The Morgan fingerprint density at radius 3 is 2.70 bits per heavy atom. The van der Waals surface area contributed by atoms with Gasteiger partial charge in [-0.25, -0.2) is 9.18 Å². The number of carbonyl (C=O) groups excluding carboxylic acids is 1. The maximum absolute atomic E-state index is 14.4. The third-order valence-electron chi connectivity index (χ3n) is 3.91. The molecule has 2 aliphatic rings. The monoisotopic (exact) mass is 279 g/mol. The molecular weight excluding hydrogens is 265 g/mol. The van der Waals surface area contributed by atoms with E-state index in [1.165, 1.54) is 12.1 Å². The van der Waals surface area contributed by atoms with E-state index in [2.05, 4.69) is 4.99 Å². The molecule has 0 radical (unpaired) electrons. The van der Waals surface area contributed by atoms with Gasteiger partial charge in [0.05, 0.1) is 5.56 Å². The summed E-state index contributed by atoms with van der Waals surface area (Å²) in [6.07, 6.45) is 4.24. The molecule has 0 bridgehead atoms. The molecule has 1 aliphatic carbocycles. The number of benzene rings is 1. The Balaban J connectivity index is 2.26. The fourth-order valence-electron chi connectivity index (χ4n) is 3.03. The highest BCUT2D eigenvalue weighted by Gasteiger charge is 2.43. The van der Waals surface area contributed by atoms with E-state index in [4.69, 9.17) is 9.47 Å². The van der Waals surface area contributed by atoms with Gasteiger partial charge in [0.1, 0.15) is 18.8 Å². The van der Waals surface area contributed by atoms with Gasteiger partial charge >= 0.3 is 0 Å². The smallest absolute Gasteiger partial charge is 0.235 e. The summed E-state index contributed by atoms with van der Waals surface area (Å²) in [5, 5.41) is 9.75. The summed E-state index contributed by atoms with van der Waals surface area (Å²) in [4.78, 5) is 14.6. The number of fused-ring (bicyclic) bond motifs is 1. The van der Waals surface area contributed by atoms with Crippen molar-refractivity contribution in [2.24, 2.45) is 4.99 Å². The zero-order valence-corrected chi connectivity index (χ0v) is 10.8. The zero-order valence-electron chi connectivity index (χ0n) is 10.8. The Kier molecular flexibility index (Phi) is 3.10. The molecule has 5 nitrogen and oxygen atoms in total. The Morgan fingerprint density at radius 1 is 1.30 bits per heavy atom. The minimum atomic E-state index is -1.00. The second-order valence-electron chi connectivity index (χ2n) is 5.05. The van der Waals surface area contributed by atoms with Crippen LogP contribution in [0.4, 0.5) is 4.39 Å². The molecule has 1 fully saturated rings.